The lowest BCUT2D eigenvalue weighted by molar-refractivity contribution is -0.132. The van der Waals surface area contributed by atoms with Gasteiger partial charge in [0.15, 0.2) is 0 Å². The van der Waals surface area contributed by atoms with E-state index in [9.17, 15) is 10.1 Å². The fourth-order valence-corrected chi connectivity index (χ4v) is 3.39. The van der Waals surface area contributed by atoms with E-state index in [1.54, 1.807) is 0 Å². The number of nitrogens with one attached hydrogen (secondary N) is 2. The van der Waals surface area contributed by atoms with Crippen LogP contribution in [0.4, 0.5) is 0 Å². The summed E-state index contributed by atoms with van der Waals surface area (Å²) in [6.07, 6.45) is 1.93. The second kappa shape index (κ2) is 8.43. The fourth-order valence-electron chi connectivity index (χ4n) is 3.39. The average Bonchev–Trinajstić information content (AvgIpc) is 2.90. The molecule has 2 N–H and O–H groups in total. The molecule has 3 rings (SSSR count). The van der Waals surface area contributed by atoms with Crippen LogP contribution in [-0.4, -0.2) is 56.2 Å². The zero-order valence-corrected chi connectivity index (χ0v) is 14.8. The van der Waals surface area contributed by atoms with Gasteiger partial charge in [-0.25, -0.2) is 0 Å². The summed E-state index contributed by atoms with van der Waals surface area (Å²) in [5, 5.41) is 15.4. The second-order valence-electron chi connectivity index (χ2n) is 6.90. The van der Waals surface area contributed by atoms with Crippen LogP contribution in [0.25, 0.3) is 0 Å². The molecule has 0 saturated carbocycles. The highest BCUT2D eigenvalue weighted by atomic mass is 16.5. The number of hydrogen-bond donors (Lipinski definition) is 2. The van der Waals surface area contributed by atoms with Gasteiger partial charge in [0, 0.05) is 32.7 Å². The molecule has 25 heavy (non-hydrogen) atoms. The minimum atomic E-state index is -0.538. The molecule has 0 spiro atoms. The van der Waals surface area contributed by atoms with E-state index in [0.717, 1.165) is 38.0 Å². The summed E-state index contributed by atoms with van der Waals surface area (Å²) in [6.45, 7) is 3.95. The molecule has 1 fully saturated rings. The Kier molecular flexibility index (Phi) is 6.03. The largest absolute Gasteiger partial charge is 0.367 e. The summed E-state index contributed by atoms with van der Waals surface area (Å²) >= 11 is 0. The van der Waals surface area contributed by atoms with Crippen LogP contribution in [0.5, 0.6) is 0 Å². The van der Waals surface area contributed by atoms with E-state index in [4.69, 9.17) is 4.74 Å². The molecule has 2 atom stereocenters. The molecule has 1 aromatic rings. The number of ether oxygens (including phenoxy) is 1. The fraction of sp³-hybridized carbons (Fsp3) is 0.579. The number of carbonyl (C=O) groups is 1. The van der Waals surface area contributed by atoms with E-state index in [1.807, 2.05) is 0 Å². The van der Waals surface area contributed by atoms with Gasteiger partial charge in [-0.15, -0.1) is 0 Å². The Bertz CT molecular complexity index is 647. The highest BCUT2D eigenvalue weighted by Gasteiger charge is 2.23. The van der Waals surface area contributed by atoms with Crippen molar-refractivity contribution in [3.8, 4) is 6.07 Å². The van der Waals surface area contributed by atoms with Gasteiger partial charge in [-0.05, 0) is 43.1 Å². The topological polar surface area (TPSA) is 77.4 Å². The van der Waals surface area contributed by atoms with Crippen LogP contribution >= 0.6 is 0 Å². The summed E-state index contributed by atoms with van der Waals surface area (Å²) in [6, 6.07) is 8.07. The van der Waals surface area contributed by atoms with Crippen molar-refractivity contribution in [2.24, 2.45) is 0 Å². The average molecular weight is 342 g/mol. The molecule has 1 amide bonds. The van der Waals surface area contributed by atoms with Crippen LogP contribution in [0.2, 0.25) is 0 Å². The highest BCUT2D eigenvalue weighted by molar-refractivity contribution is 5.81. The van der Waals surface area contributed by atoms with Gasteiger partial charge in [-0.2, -0.15) is 5.26 Å². The van der Waals surface area contributed by atoms with Crippen molar-refractivity contribution in [3.63, 3.8) is 0 Å². The van der Waals surface area contributed by atoms with Crippen LogP contribution < -0.4 is 10.6 Å². The lowest BCUT2D eigenvalue weighted by Crippen LogP contribution is -2.46. The number of benzene rings is 1. The molecule has 1 saturated heterocycles. The first kappa shape index (κ1) is 17.9. The predicted octanol–water partition coefficient (Wildman–Crippen LogP) is 0.604. The van der Waals surface area contributed by atoms with E-state index < -0.39 is 12.1 Å². The smallest absolute Gasteiger partial charge is 0.251 e. The van der Waals surface area contributed by atoms with Crippen molar-refractivity contribution in [1.82, 2.24) is 15.5 Å². The van der Waals surface area contributed by atoms with E-state index in [2.05, 4.69) is 46.8 Å². The van der Waals surface area contributed by atoms with Gasteiger partial charge in [-0.1, -0.05) is 18.2 Å². The molecule has 6 heteroatoms. The molecular weight excluding hydrogens is 316 g/mol. The van der Waals surface area contributed by atoms with Gasteiger partial charge >= 0.3 is 0 Å². The van der Waals surface area contributed by atoms with Crippen molar-refractivity contribution in [1.29, 1.82) is 5.26 Å². The second-order valence-corrected chi connectivity index (χ2v) is 6.90. The van der Waals surface area contributed by atoms with E-state index in [0.29, 0.717) is 19.6 Å². The monoisotopic (exact) mass is 342 g/mol. The molecule has 1 unspecified atom stereocenters. The maximum absolute atomic E-state index is 12.3. The minimum Gasteiger partial charge on any atom is -0.367 e. The third-order valence-corrected chi connectivity index (χ3v) is 4.83. The van der Waals surface area contributed by atoms with Crippen LogP contribution in [0.15, 0.2) is 18.2 Å². The Hall–Kier alpha value is -1.94. The third kappa shape index (κ3) is 4.79. The van der Waals surface area contributed by atoms with Crippen LogP contribution in [0.1, 0.15) is 23.1 Å². The molecule has 134 valence electrons. The van der Waals surface area contributed by atoms with Crippen molar-refractivity contribution >= 4 is 5.91 Å². The van der Waals surface area contributed by atoms with Crippen molar-refractivity contribution in [2.75, 3.05) is 33.3 Å². The van der Waals surface area contributed by atoms with Crippen molar-refractivity contribution < 1.29 is 9.53 Å². The van der Waals surface area contributed by atoms with Gasteiger partial charge in [0.1, 0.15) is 12.1 Å². The van der Waals surface area contributed by atoms with Crippen LogP contribution in [0.3, 0.4) is 0 Å². The van der Waals surface area contributed by atoms with Gasteiger partial charge in [-0.3, -0.25) is 4.79 Å². The van der Waals surface area contributed by atoms with Crippen LogP contribution in [0, 0.1) is 11.3 Å². The zero-order chi connectivity index (χ0) is 17.6. The Morgan fingerprint density at radius 2 is 2.40 bits per heavy atom. The van der Waals surface area contributed by atoms with Crippen LogP contribution in [-0.2, 0) is 28.9 Å². The number of nitrogens with zero attached hydrogens (tertiary/aromatic N) is 2. The van der Waals surface area contributed by atoms with E-state index in [-0.39, 0.29) is 5.91 Å². The van der Waals surface area contributed by atoms with Crippen molar-refractivity contribution in [3.05, 3.63) is 34.9 Å². The number of nitriles is 1. The predicted molar refractivity (Wildman–Crippen MR) is 95.0 cm³/mol. The third-order valence-electron chi connectivity index (χ3n) is 4.83. The first-order valence-corrected chi connectivity index (χ1v) is 8.97. The molecule has 2 aliphatic rings. The summed E-state index contributed by atoms with van der Waals surface area (Å²) in [5.74, 6) is -0.208. The normalized spacial score (nSPS) is 22.3. The van der Waals surface area contributed by atoms with Crippen molar-refractivity contribution in [2.45, 2.75) is 38.0 Å². The number of fused-ring (bicyclic) bond motifs is 1. The Balaban J connectivity index is 1.60. The SMILES string of the molecule is CN1CCc2cc(C[C@@H](C#N)NC(=O)C3CNCCCO3)ccc2C1. The maximum Gasteiger partial charge on any atom is 0.251 e. The highest BCUT2D eigenvalue weighted by Crippen LogP contribution is 2.20. The van der Waals surface area contributed by atoms with Gasteiger partial charge in [0.2, 0.25) is 0 Å². The number of amides is 1. The lowest BCUT2D eigenvalue weighted by atomic mass is 9.95. The Morgan fingerprint density at radius 1 is 1.52 bits per heavy atom. The number of rotatable bonds is 4. The quantitative estimate of drug-likeness (QED) is 0.838. The molecule has 6 nitrogen and oxygen atoms in total. The Labute approximate surface area is 149 Å². The lowest BCUT2D eigenvalue weighted by Gasteiger charge is -2.25. The Morgan fingerprint density at radius 3 is 3.24 bits per heavy atom. The number of carbonyl (C=O) groups excluding carboxylic acids is 1. The molecule has 0 radical (unpaired) electrons. The molecule has 0 bridgehead atoms. The molecule has 0 aliphatic carbocycles. The van der Waals surface area contributed by atoms with E-state index >= 15 is 0 Å². The molecule has 2 heterocycles. The molecule has 2 aliphatic heterocycles. The molecule has 1 aromatic carbocycles. The first-order valence-electron chi connectivity index (χ1n) is 8.97. The molecular formula is C19H26N4O2. The maximum atomic E-state index is 12.3. The zero-order valence-electron chi connectivity index (χ0n) is 14.8. The van der Waals surface area contributed by atoms with Gasteiger partial charge in [0.25, 0.3) is 5.91 Å². The van der Waals surface area contributed by atoms with E-state index in [1.165, 1.54) is 11.1 Å². The summed E-state index contributed by atoms with van der Waals surface area (Å²) in [7, 11) is 2.13. The number of hydrogen-bond acceptors (Lipinski definition) is 5. The summed E-state index contributed by atoms with van der Waals surface area (Å²) < 4.78 is 5.56. The van der Waals surface area contributed by atoms with Gasteiger partial charge < -0.3 is 20.3 Å². The minimum absolute atomic E-state index is 0.208. The molecule has 0 aromatic heterocycles. The summed E-state index contributed by atoms with van der Waals surface area (Å²) in [4.78, 5) is 14.7. The first-order chi connectivity index (χ1) is 12.2. The standard InChI is InChI=1S/C19H26N4O2/c1-23-7-5-15-9-14(3-4-16(15)13-23)10-17(11-20)22-19(24)18-12-21-6-2-8-25-18/h3-4,9,17-18,21H,2,5-8,10,12-13H2,1H3,(H,22,24)/t17-,18?/m0/s1. The van der Waals surface area contributed by atoms with Gasteiger partial charge in [0.05, 0.1) is 6.07 Å². The summed E-state index contributed by atoms with van der Waals surface area (Å²) in [5.41, 5.74) is 3.80. The number of likely N-dealkylation sites (N-methyl/N-ethyl adjacent to an activating group) is 1.